The summed E-state index contributed by atoms with van der Waals surface area (Å²) in [5.74, 6) is -2.00. The Morgan fingerprint density at radius 2 is 1.90 bits per heavy atom. The van der Waals surface area contributed by atoms with E-state index in [2.05, 4.69) is 15.2 Å². The molecular formula is C21H18F2N4O3. The predicted molar refractivity (Wildman–Crippen MR) is 102 cm³/mol. The number of aromatic hydroxyl groups is 1. The average Bonchev–Trinajstić information content (AvgIpc) is 3.40. The summed E-state index contributed by atoms with van der Waals surface area (Å²) in [4.78, 5) is 3.85. The van der Waals surface area contributed by atoms with Crippen molar-refractivity contribution < 1.29 is 23.5 Å². The van der Waals surface area contributed by atoms with E-state index in [9.17, 15) is 19.0 Å². The number of aliphatic hydroxyl groups is 1. The van der Waals surface area contributed by atoms with Crippen molar-refractivity contribution in [2.45, 2.75) is 25.0 Å². The topological polar surface area (TPSA) is 97.2 Å². The van der Waals surface area contributed by atoms with Crippen LogP contribution in [0.4, 0.5) is 8.78 Å². The summed E-state index contributed by atoms with van der Waals surface area (Å²) in [6.45, 7) is 1.51. The second-order valence-corrected chi connectivity index (χ2v) is 7.02. The Bertz CT molecular complexity index is 1150. The lowest BCUT2D eigenvalue weighted by Crippen LogP contribution is -2.38. The van der Waals surface area contributed by atoms with Crippen molar-refractivity contribution in [3.63, 3.8) is 0 Å². The van der Waals surface area contributed by atoms with Gasteiger partial charge in [-0.15, -0.1) is 0 Å². The van der Waals surface area contributed by atoms with Crippen LogP contribution >= 0.6 is 0 Å². The maximum Gasteiger partial charge on any atom is 0.143 e. The van der Waals surface area contributed by atoms with Gasteiger partial charge in [-0.1, -0.05) is 18.1 Å². The third-order valence-electron chi connectivity index (χ3n) is 5.10. The number of aromatic nitrogens is 4. The van der Waals surface area contributed by atoms with Crippen molar-refractivity contribution in [1.29, 1.82) is 0 Å². The van der Waals surface area contributed by atoms with E-state index < -0.39 is 23.2 Å². The van der Waals surface area contributed by atoms with Gasteiger partial charge in [0, 0.05) is 23.3 Å². The average molecular weight is 412 g/mol. The van der Waals surface area contributed by atoms with Gasteiger partial charge in [-0.25, -0.2) is 18.4 Å². The number of rotatable bonds is 6. The Morgan fingerprint density at radius 3 is 2.57 bits per heavy atom. The summed E-state index contributed by atoms with van der Waals surface area (Å²) in [5, 5.41) is 29.0. The molecule has 0 aliphatic heterocycles. The van der Waals surface area contributed by atoms with Gasteiger partial charge in [-0.05, 0) is 30.3 Å². The monoisotopic (exact) mass is 412 g/mol. The molecule has 0 bridgehead atoms. The van der Waals surface area contributed by atoms with E-state index in [0.717, 1.165) is 12.1 Å². The highest BCUT2D eigenvalue weighted by Crippen LogP contribution is 2.40. The predicted octanol–water partition coefficient (Wildman–Crippen LogP) is 3.61. The van der Waals surface area contributed by atoms with Crippen molar-refractivity contribution in [3.05, 3.63) is 84.1 Å². The molecule has 4 rings (SSSR count). The first kappa shape index (κ1) is 19.7. The highest BCUT2D eigenvalue weighted by atomic mass is 19.1. The number of halogens is 2. The molecule has 154 valence electrons. The Morgan fingerprint density at radius 1 is 1.13 bits per heavy atom. The minimum absolute atomic E-state index is 0.102. The van der Waals surface area contributed by atoms with Crippen molar-refractivity contribution >= 4 is 0 Å². The van der Waals surface area contributed by atoms with Crippen molar-refractivity contribution in [2.24, 2.45) is 0 Å². The first-order valence-corrected chi connectivity index (χ1v) is 9.13. The number of phenols is 1. The highest BCUT2D eigenvalue weighted by Gasteiger charge is 2.42. The van der Waals surface area contributed by atoms with Crippen LogP contribution in [-0.4, -0.2) is 30.1 Å². The maximum atomic E-state index is 14.6. The fraction of sp³-hybridized carbons (Fsp3) is 0.190. The summed E-state index contributed by atoms with van der Waals surface area (Å²) in [5.41, 5.74) is -0.756. The minimum Gasteiger partial charge on any atom is -0.508 e. The van der Waals surface area contributed by atoms with Gasteiger partial charge in [0.1, 0.15) is 47.1 Å². The van der Waals surface area contributed by atoms with Gasteiger partial charge >= 0.3 is 0 Å². The molecule has 30 heavy (non-hydrogen) atoms. The van der Waals surface area contributed by atoms with Gasteiger partial charge < -0.3 is 14.7 Å². The maximum absolute atomic E-state index is 14.6. The zero-order valence-electron chi connectivity index (χ0n) is 15.9. The van der Waals surface area contributed by atoms with Crippen LogP contribution in [0.2, 0.25) is 0 Å². The van der Waals surface area contributed by atoms with Gasteiger partial charge in [0.2, 0.25) is 0 Å². The molecule has 2 N–H and O–H groups in total. The largest absolute Gasteiger partial charge is 0.508 e. The van der Waals surface area contributed by atoms with E-state index in [1.165, 1.54) is 35.5 Å². The molecule has 7 nitrogen and oxygen atoms in total. The lowest BCUT2D eigenvalue weighted by atomic mass is 9.80. The normalized spacial score (nSPS) is 14.4. The molecule has 0 saturated carbocycles. The molecule has 0 radical (unpaired) electrons. The molecule has 2 atom stereocenters. The second kappa shape index (κ2) is 7.68. The quantitative estimate of drug-likeness (QED) is 0.502. The highest BCUT2D eigenvalue weighted by molar-refractivity contribution is 5.60. The lowest BCUT2D eigenvalue weighted by Gasteiger charge is -2.33. The summed E-state index contributed by atoms with van der Waals surface area (Å²) in [7, 11) is 0. The first-order chi connectivity index (χ1) is 14.4. The van der Waals surface area contributed by atoms with Gasteiger partial charge in [0.05, 0.1) is 12.5 Å². The molecule has 2 aromatic carbocycles. The molecule has 0 amide bonds. The summed E-state index contributed by atoms with van der Waals surface area (Å²) < 4.78 is 34.9. The Kier molecular flexibility index (Phi) is 5.04. The first-order valence-electron chi connectivity index (χ1n) is 9.13. The SMILES string of the molecule is C[C@@H](c1cc(-c2ccc(O)cc2)no1)[C@](O)(Cn1cncn1)c1ccc(F)cc1F. The number of benzene rings is 2. The van der Waals surface area contributed by atoms with Crippen LogP contribution in [0, 0.1) is 11.6 Å². The summed E-state index contributed by atoms with van der Waals surface area (Å²) in [6.07, 6.45) is 2.69. The van der Waals surface area contributed by atoms with Gasteiger partial charge in [-0.3, -0.25) is 0 Å². The van der Waals surface area contributed by atoms with Crippen molar-refractivity contribution in [2.75, 3.05) is 0 Å². The van der Waals surface area contributed by atoms with Crippen LogP contribution in [0.1, 0.15) is 24.2 Å². The fourth-order valence-electron chi connectivity index (χ4n) is 3.35. The van der Waals surface area contributed by atoms with Crippen molar-refractivity contribution in [1.82, 2.24) is 19.9 Å². The van der Waals surface area contributed by atoms with E-state index in [1.54, 1.807) is 25.1 Å². The molecule has 2 heterocycles. The van der Waals surface area contributed by atoms with E-state index in [0.29, 0.717) is 17.0 Å². The molecule has 0 spiro atoms. The fourth-order valence-corrected chi connectivity index (χ4v) is 3.35. The molecule has 0 fully saturated rings. The van der Waals surface area contributed by atoms with Gasteiger partial charge in [0.25, 0.3) is 0 Å². The second-order valence-electron chi connectivity index (χ2n) is 7.02. The van der Waals surface area contributed by atoms with Crippen LogP contribution in [0.25, 0.3) is 11.3 Å². The molecule has 0 saturated heterocycles. The van der Waals surface area contributed by atoms with E-state index in [-0.39, 0.29) is 17.9 Å². The number of hydrogen-bond acceptors (Lipinski definition) is 6. The van der Waals surface area contributed by atoms with Crippen LogP contribution in [0.5, 0.6) is 5.75 Å². The lowest BCUT2D eigenvalue weighted by molar-refractivity contribution is -0.0181. The van der Waals surface area contributed by atoms with E-state index >= 15 is 0 Å². The van der Waals surface area contributed by atoms with E-state index in [4.69, 9.17) is 4.52 Å². The molecule has 2 aromatic heterocycles. The molecule has 0 unspecified atom stereocenters. The zero-order valence-corrected chi connectivity index (χ0v) is 15.9. The summed E-state index contributed by atoms with van der Waals surface area (Å²) >= 11 is 0. The number of nitrogens with zero attached hydrogens (tertiary/aromatic N) is 4. The molecular weight excluding hydrogens is 394 g/mol. The molecule has 9 heteroatoms. The minimum atomic E-state index is -1.84. The van der Waals surface area contributed by atoms with Crippen LogP contribution in [0.15, 0.2) is 65.7 Å². The van der Waals surface area contributed by atoms with Gasteiger partial charge in [0.15, 0.2) is 0 Å². The van der Waals surface area contributed by atoms with Crippen LogP contribution in [-0.2, 0) is 12.1 Å². The zero-order chi connectivity index (χ0) is 21.3. The molecule has 0 aliphatic carbocycles. The third-order valence-corrected chi connectivity index (χ3v) is 5.10. The van der Waals surface area contributed by atoms with Crippen LogP contribution in [0.3, 0.4) is 0 Å². The smallest absolute Gasteiger partial charge is 0.143 e. The van der Waals surface area contributed by atoms with Crippen LogP contribution < -0.4 is 0 Å². The number of hydrogen-bond donors (Lipinski definition) is 2. The van der Waals surface area contributed by atoms with Gasteiger partial charge in [-0.2, -0.15) is 5.10 Å². The standard InChI is InChI=1S/C21H18F2N4O3/c1-13(20-9-19(26-30-20)14-2-5-16(28)6-3-14)21(29,10-27-12-24-11-25-27)17-7-4-15(22)8-18(17)23/h2-9,11-13,28-29H,10H2,1H3/t13-,21+/m0/s1. The Labute approximate surface area is 170 Å². The van der Waals surface area contributed by atoms with E-state index in [1.807, 2.05) is 0 Å². The number of phenolic OH excluding ortho intramolecular Hbond substituents is 1. The molecule has 0 aliphatic rings. The Balaban J connectivity index is 1.74. The third kappa shape index (κ3) is 3.67. The summed E-state index contributed by atoms with van der Waals surface area (Å²) in [6, 6.07) is 11.0. The molecule has 4 aromatic rings. The Hall–Kier alpha value is -3.59. The van der Waals surface area contributed by atoms with Crippen molar-refractivity contribution in [3.8, 4) is 17.0 Å².